The predicted molar refractivity (Wildman–Crippen MR) is 112 cm³/mol. The molecule has 0 amide bonds. The molecule has 1 aromatic carbocycles. The van der Waals surface area contributed by atoms with Crippen molar-refractivity contribution in [3.63, 3.8) is 0 Å². The van der Waals surface area contributed by atoms with Gasteiger partial charge in [0.1, 0.15) is 0 Å². The highest BCUT2D eigenvalue weighted by Gasteiger charge is 2.33. The molecular formula is C22H28F3N3O3. The predicted octanol–water partition coefficient (Wildman–Crippen LogP) is 4.26. The standard InChI is InChI=1S/C21H26F3N3O.CH2O2/c22-21(23,24)18-6-2-5-17-19(7-8-25-20(17)18)26-16-4-1-3-15(13-16)14-27-9-11-28-12-10-27;2-1-3/h2,5-8,15-16H,1,3-4,9-14H2,(H,25,26);1H,(H,2,3)/t15-,16+;/m1./s1. The van der Waals surface area contributed by atoms with E-state index < -0.39 is 11.7 Å². The number of ether oxygens (including phenoxy) is 1. The van der Waals surface area contributed by atoms with Crippen LogP contribution in [0.3, 0.4) is 0 Å². The molecule has 2 atom stereocenters. The number of alkyl halides is 3. The number of rotatable bonds is 4. The number of benzene rings is 1. The fourth-order valence-corrected chi connectivity index (χ4v) is 4.49. The molecule has 4 rings (SSSR count). The van der Waals surface area contributed by atoms with Crippen molar-refractivity contribution in [3.8, 4) is 0 Å². The maximum absolute atomic E-state index is 13.3. The highest BCUT2D eigenvalue weighted by atomic mass is 19.4. The summed E-state index contributed by atoms with van der Waals surface area (Å²) in [5, 5.41) is 10.9. The van der Waals surface area contributed by atoms with Gasteiger partial charge in [0, 0.05) is 42.9 Å². The topological polar surface area (TPSA) is 74.7 Å². The van der Waals surface area contributed by atoms with Crippen molar-refractivity contribution in [3.05, 3.63) is 36.0 Å². The summed E-state index contributed by atoms with van der Waals surface area (Å²) in [6, 6.07) is 6.33. The number of carbonyl (C=O) groups is 1. The first-order valence-corrected chi connectivity index (χ1v) is 10.5. The van der Waals surface area contributed by atoms with Gasteiger partial charge >= 0.3 is 6.18 Å². The molecule has 0 radical (unpaired) electrons. The molecule has 0 bridgehead atoms. The number of para-hydroxylation sites is 1. The summed E-state index contributed by atoms with van der Waals surface area (Å²) in [4.78, 5) is 14.8. The molecule has 2 N–H and O–H groups in total. The number of morpholine rings is 1. The second-order valence-electron chi connectivity index (χ2n) is 7.95. The van der Waals surface area contributed by atoms with Crippen LogP contribution in [-0.4, -0.2) is 60.4 Å². The quantitative estimate of drug-likeness (QED) is 0.694. The lowest BCUT2D eigenvalue weighted by molar-refractivity contribution is -0.136. The van der Waals surface area contributed by atoms with Gasteiger partial charge in [-0.1, -0.05) is 18.6 Å². The van der Waals surface area contributed by atoms with Crippen LogP contribution < -0.4 is 5.32 Å². The lowest BCUT2D eigenvalue weighted by Gasteiger charge is -2.35. The van der Waals surface area contributed by atoms with Crippen molar-refractivity contribution < 1.29 is 27.8 Å². The lowest BCUT2D eigenvalue weighted by Crippen LogP contribution is -2.41. The summed E-state index contributed by atoms with van der Waals surface area (Å²) in [6.07, 6.45) is 1.50. The van der Waals surface area contributed by atoms with Gasteiger partial charge in [-0.3, -0.25) is 14.7 Å². The molecule has 6 nitrogen and oxygen atoms in total. The average Bonchev–Trinajstić information content (AvgIpc) is 2.74. The number of anilines is 1. The van der Waals surface area contributed by atoms with E-state index in [2.05, 4.69) is 15.2 Å². The van der Waals surface area contributed by atoms with Crippen molar-refractivity contribution in [2.75, 3.05) is 38.2 Å². The van der Waals surface area contributed by atoms with Gasteiger partial charge in [0.2, 0.25) is 0 Å². The van der Waals surface area contributed by atoms with Crippen LogP contribution in [0.15, 0.2) is 30.5 Å². The molecule has 0 unspecified atom stereocenters. The molecule has 9 heteroatoms. The van der Waals surface area contributed by atoms with Crippen molar-refractivity contribution in [1.29, 1.82) is 0 Å². The van der Waals surface area contributed by atoms with Crippen LogP contribution in [0, 0.1) is 5.92 Å². The van der Waals surface area contributed by atoms with Gasteiger partial charge in [-0.25, -0.2) is 0 Å². The van der Waals surface area contributed by atoms with E-state index in [-0.39, 0.29) is 18.0 Å². The van der Waals surface area contributed by atoms with Crippen LogP contribution in [0.1, 0.15) is 31.2 Å². The number of hydrogen-bond acceptors (Lipinski definition) is 5. The highest BCUT2D eigenvalue weighted by molar-refractivity contribution is 5.93. The number of pyridine rings is 1. The van der Waals surface area contributed by atoms with Gasteiger partial charge in [-0.15, -0.1) is 0 Å². The largest absolute Gasteiger partial charge is 0.483 e. The van der Waals surface area contributed by atoms with E-state index in [0.717, 1.165) is 63.9 Å². The van der Waals surface area contributed by atoms with Gasteiger partial charge < -0.3 is 15.2 Å². The van der Waals surface area contributed by atoms with E-state index in [1.54, 1.807) is 12.1 Å². The summed E-state index contributed by atoms with van der Waals surface area (Å²) in [6.45, 7) is 4.42. The molecule has 31 heavy (non-hydrogen) atoms. The third-order valence-corrected chi connectivity index (χ3v) is 5.84. The lowest BCUT2D eigenvalue weighted by atomic mass is 9.85. The van der Waals surface area contributed by atoms with Crippen molar-refractivity contribution in [1.82, 2.24) is 9.88 Å². The monoisotopic (exact) mass is 439 g/mol. The molecule has 2 aromatic rings. The molecule has 1 aliphatic heterocycles. The van der Waals surface area contributed by atoms with Crippen LogP contribution >= 0.6 is 0 Å². The highest BCUT2D eigenvalue weighted by Crippen LogP contribution is 2.36. The van der Waals surface area contributed by atoms with E-state index in [9.17, 15) is 13.2 Å². The van der Waals surface area contributed by atoms with Gasteiger partial charge in [0.15, 0.2) is 0 Å². The van der Waals surface area contributed by atoms with Crippen LogP contribution in [0.2, 0.25) is 0 Å². The summed E-state index contributed by atoms with van der Waals surface area (Å²) < 4.78 is 45.3. The van der Waals surface area contributed by atoms with Crippen LogP contribution in [-0.2, 0) is 15.7 Å². The summed E-state index contributed by atoms with van der Waals surface area (Å²) >= 11 is 0. The van der Waals surface area contributed by atoms with Crippen LogP contribution in [0.25, 0.3) is 10.9 Å². The van der Waals surface area contributed by atoms with Crippen molar-refractivity contribution >= 4 is 23.1 Å². The number of nitrogens with zero attached hydrogens (tertiary/aromatic N) is 2. The smallest absolute Gasteiger partial charge is 0.418 e. The zero-order chi connectivity index (χ0) is 22.3. The Kier molecular flexibility index (Phi) is 8.09. The van der Waals surface area contributed by atoms with E-state index in [1.165, 1.54) is 18.7 Å². The zero-order valence-electron chi connectivity index (χ0n) is 17.3. The van der Waals surface area contributed by atoms with E-state index in [0.29, 0.717) is 11.3 Å². The third-order valence-electron chi connectivity index (χ3n) is 5.84. The number of aromatic nitrogens is 1. The minimum absolute atomic E-state index is 0.0145. The Labute approximate surface area is 179 Å². The summed E-state index contributed by atoms with van der Waals surface area (Å²) in [5.41, 5.74) is 0.0799. The molecule has 1 saturated carbocycles. The minimum atomic E-state index is -4.40. The van der Waals surface area contributed by atoms with Gasteiger partial charge in [-0.05, 0) is 37.3 Å². The minimum Gasteiger partial charge on any atom is -0.483 e. The Morgan fingerprint density at radius 1 is 1.23 bits per heavy atom. The number of carboxylic acid groups (broad SMARTS) is 1. The van der Waals surface area contributed by atoms with E-state index in [1.807, 2.05) is 0 Å². The van der Waals surface area contributed by atoms with Gasteiger partial charge in [0.05, 0.1) is 24.3 Å². The second kappa shape index (κ2) is 10.8. The first-order valence-electron chi connectivity index (χ1n) is 10.5. The van der Waals surface area contributed by atoms with Gasteiger partial charge in [-0.2, -0.15) is 13.2 Å². The maximum Gasteiger partial charge on any atom is 0.418 e. The Morgan fingerprint density at radius 2 is 1.97 bits per heavy atom. The van der Waals surface area contributed by atoms with Gasteiger partial charge in [0.25, 0.3) is 6.47 Å². The molecule has 2 fully saturated rings. The van der Waals surface area contributed by atoms with E-state index in [4.69, 9.17) is 14.6 Å². The first kappa shape index (κ1) is 23.3. The number of hydrogen-bond donors (Lipinski definition) is 2. The first-order chi connectivity index (χ1) is 14.9. The Balaban J connectivity index is 0.000000858. The molecular weight excluding hydrogens is 411 g/mol. The fraction of sp³-hybridized carbons (Fsp3) is 0.545. The molecule has 170 valence electrons. The van der Waals surface area contributed by atoms with Crippen LogP contribution in [0.5, 0.6) is 0 Å². The molecule has 2 heterocycles. The van der Waals surface area contributed by atoms with Crippen molar-refractivity contribution in [2.45, 2.75) is 37.9 Å². The maximum atomic E-state index is 13.3. The molecule has 2 aliphatic rings. The Morgan fingerprint density at radius 3 is 2.68 bits per heavy atom. The molecule has 1 saturated heterocycles. The fourth-order valence-electron chi connectivity index (χ4n) is 4.49. The number of fused-ring (bicyclic) bond motifs is 1. The zero-order valence-corrected chi connectivity index (χ0v) is 17.3. The van der Waals surface area contributed by atoms with E-state index >= 15 is 0 Å². The average molecular weight is 439 g/mol. The SMILES string of the molecule is FC(F)(F)c1cccc2c(N[C@H]3CCC[C@@H](CN4CCOCC4)C3)ccnc12.O=CO. The number of nitrogens with one attached hydrogen (secondary N) is 1. The molecule has 0 spiro atoms. The molecule has 1 aromatic heterocycles. The van der Waals surface area contributed by atoms with Crippen LogP contribution in [0.4, 0.5) is 18.9 Å². The third kappa shape index (κ3) is 6.30. The van der Waals surface area contributed by atoms with Crippen molar-refractivity contribution in [2.24, 2.45) is 5.92 Å². The number of halogens is 3. The second-order valence-corrected chi connectivity index (χ2v) is 7.95. The Bertz CT molecular complexity index is 857. The summed E-state index contributed by atoms with van der Waals surface area (Å²) in [5.74, 6) is 0.614. The normalized spacial score (nSPS) is 22.4. The summed E-state index contributed by atoms with van der Waals surface area (Å²) in [7, 11) is 0. The molecule has 1 aliphatic carbocycles. The Hall–Kier alpha value is -2.39.